The zero-order chi connectivity index (χ0) is 18.1. The highest BCUT2D eigenvalue weighted by Gasteiger charge is 2.52. The van der Waals surface area contributed by atoms with Crippen LogP contribution in [0.1, 0.15) is 12.8 Å². The van der Waals surface area contributed by atoms with Gasteiger partial charge in [0.1, 0.15) is 5.54 Å². The normalized spacial score (nSPS) is 24.3. The van der Waals surface area contributed by atoms with Crippen molar-refractivity contribution in [1.82, 2.24) is 20.0 Å². The molecule has 3 fully saturated rings. The predicted octanol–water partition coefficient (Wildman–Crippen LogP) is 0.782. The second-order valence-electron chi connectivity index (χ2n) is 7.63. The molecule has 3 amide bonds. The average Bonchev–Trinajstić information content (AvgIpc) is 2.90. The number of urea groups is 1. The Kier molecular flexibility index (Phi) is 4.58. The molecule has 7 heteroatoms. The molecule has 3 heterocycles. The number of piperazine rings is 1. The van der Waals surface area contributed by atoms with Gasteiger partial charge in [-0.15, -0.1) is 0 Å². The van der Waals surface area contributed by atoms with Crippen molar-refractivity contribution < 1.29 is 9.59 Å². The molecule has 3 aliphatic rings. The van der Waals surface area contributed by atoms with E-state index in [0.29, 0.717) is 19.5 Å². The zero-order valence-corrected chi connectivity index (χ0v) is 15.4. The second-order valence-corrected chi connectivity index (χ2v) is 7.63. The molecule has 4 rings (SSSR count). The summed E-state index contributed by atoms with van der Waals surface area (Å²) in [4.78, 5) is 33.6. The van der Waals surface area contributed by atoms with Crippen LogP contribution < -0.4 is 10.2 Å². The smallest absolute Gasteiger partial charge is 0.326 e. The number of anilines is 1. The van der Waals surface area contributed by atoms with Gasteiger partial charge in [-0.2, -0.15) is 0 Å². The molecule has 7 nitrogen and oxygen atoms in total. The summed E-state index contributed by atoms with van der Waals surface area (Å²) in [6.07, 6.45) is 1.40. The molecule has 3 aliphatic heterocycles. The van der Waals surface area contributed by atoms with E-state index in [1.54, 1.807) is 0 Å². The zero-order valence-electron chi connectivity index (χ0n) is 15.4. The molecule has 0 unspecified atom stereocenters. The molecule has 0 saturated carbocycles. The highest BCUT2D eigenvalue weighted by atomic mass is 16.2. The monoisotopic (exact) mass is 357 g/mol. The largest absolute Gasteiger partial charge is 0.369 e. The Morgan fingerprint density at radius 1 is 0.962 bits per heavy atom. The fraction of sp³-hybridized carbons (Fsp3) is 0.579. The van der Waals surface area contributed by atoms with Crippen LogP contribution in [0.3, 0.4) is 0 Å². The lowest BCUT2D eigenvalue weighted by atomic mass is 9.88. The van der Waals surface area contributed by atoms with Crippen molar-refractivity contribution in [2.24, 2.45) is 0 Å². The maximum Gasteiger partial charge on any atom is 0.326 e. The molecular weight excluding hydrogens is 330 g/mol. The minimum Gasteiger partial charge on any atom is -0.369 e. The summed E-state index contributed by atoms with van der Waals surface area (Å²) < 4.78 is 0. The van der Waals surface area contributed by atoms with Gasteiger partial charge in [-0.05, 0) is 32.0 Å². The molecule has 140 valence electrons. The molecule has 1 N–H and O–H groups in total. The first kappa shape index (κ1) is 17.3. The maximum atomic E-state index is 12.9. The van der Waals surface area contributed by atoms with Crippen LogP contribution in [0.2, 0.25) is 0 Å². The minimum atomic E-state index is -0.671. The summed E-state index contributed by atoms with van der Waals surface area (Å²) >= 11 is 0. The van der Waals surface area contributed by atoms with Crippen LogP contribution in [0.4, 0.5) is 10.5 Å². The van der Waals surface area contributed by atoms with Gasteiger partial charge in [0.15, 0.2) is 0 Å². The van der Waals surface area contributed by atoms with Gasteiger partial charge in [-0.25, -0.2) is 9.69 Å². The second kappa shape index (κ2) is 6.89. The summed E-state index contributed by atoms with van der Waals surface area (Å²) in [5.74, 6) is -0.0407. The summed E-state index contributed by atoms with van der Waals surface area (Å²) in [5.41, 5.74) is 0.558. The van der Waals surface area contributed by atoms with Crippen LogP contribution in [-0.2, 0) is 4.79 Å². The van der Waals surface area contributed by atoms with Gasteiger partial charge in [0, 0.05) is 45.0 Å². The number of nitrogens with zero attached hydrogens (tertiary/aromatic N) is 4. The number of likely N-dealkylation sites (tertiary alicyclic amines) is 1. The number of rotatable bonds is 3. The molecule has 1 aromatic rings. The predicted molar refractivity (Wildman–Crippen MR) is 99.9 cm³/mol. The number of hydrogen-bond acceptors (Lipinski definition) is 5. The van der Waals surface area contributed by atoms with Gasteiger partial charge in [-0.3, -0.25) is 9.69 Å². The Bertz CT molecular complexity index is 664. The third-order valence-corrected chi connectivity index (χ3v) is 5.92. The quantitative estimate of drug-likeness (QED) is 0.811. The Morgan fingerprint density at radius 2 is 1.62 bits per heavy atom. The third-order valence-electron chi connectivity index (χ3n) is 5.92. The standard InChI is InChI=1S/C19H27N5O2/c1-21-9-7-19(8-10-21)17(25)24(18(26)20-19)15-22-11-13-23(14-12-22)16-5-3-2-4-6-16/h2-6H,7-15H2,1H3,(H,20,26). The molecule has 26 heavy (non-hydrogen) atoms. The Hall–Kier alpha value is -2.12. The van der Waals surface area contributed by atoms with Crippen molar-refractivity contribution in [3.05, 3.63) is 30.3 Å². The van der Waals surface area contributed by atoms with Crippen molar-refractivity contribution in [3.63, 3.8) is 0 Å². The lowest BCUT2D eigenvalue weighted by Gasteiger charge is -2.38. The molecule has 1 aromatic carbocycles. The van der Waals surface area contributed by atoms with Gasteiger partial charge in [0.05, 0.1) is 6.67 Å². The van der Waals surface area contributed by atoms with Gasteiger partial charge >= 0.3 is 6.03 Å². The van der Waals surface area contributed by atoms with Gasteiger partial charge in [0.2, 0.25) is 0 Å². The van der Waals surface area contributed by atoms with Crippen LogP contribution in [0.15, 0.2) is 30.3 Å². The lowest BCUT2D eigenvalue weighted by Crippen LogP contribution is -2.55. The summed E-state index contributed by atoms with van der Waals surface area (Å²) in [6, 6.07) is 10.1. The van der Waals surface area contributed by atoms with Crippen molar-refractivity contribution in [3.8, 4) is 0 Å². The first-order valence-corrected chi connectivity index (χ1v) is 9.42. The van der Waals surface area contributed by atoms with E-state index in [9.17, 15) is 9.59 Å². The molecule has 0 aliphatic carbocycles. The van der Waals surface area contributed by atoms with Crippen molar-refractivity contribution >= 4 is 17.6 Å². The van der Waals surface area contributed by atoms with Gasteiger partial charge < -0.3 is 15.1 Å². The number of nitrogens with one attached hydrogen (secondary N) is 1. The van der Waals surface area contributed by atoms with E-state index in [1.165, 1.54) is 10.6 Å². The van der Waals surface area contributed by atoms with Crippen molar-refractivity contribution in [2.75, 3.05) is 57.9 Å². The molecule has 3 saturated heterocycles. The van der Waals surface area contributed by atoms with Crippen molar-refractivity contribution in [2.45, 2.75) is 18.4 Å². The van der Waals surface area contributed by atoms with E-state index < -0.39 is 5.54 Å². The van der Waals surface area contributed by atoms with Crippen LogP contribution in [-0.4, -0.2) is 85.2 Å². The van der Waals surface area contributed by atoms with E-state index in [-0.39, 0.29) is 11.9 Å². The van der Waals surface area contributed by atoms with Crippen LogP contribution in [0.25, 0.3) is 0 Å². The Morgan fingerprint density at radius 3 is 2.27 bits per heavy atom. The third kappa shape index (κ3) is 3.17. The maximum absolute atomic E-state index is 12.9. The van der Waals surface area contributed by atoms with E-state index in [4.69, 9.17) is 0 Å². The first-order chi connectivity index (χ1) is 12.6. The lowest BCUT2D eigenvalue weighted by molar-refractivity contribution is -0.134. The number of hydrogen-bond donors (Lipinski definition) is 1. The number of imide groups is 1. The first-order valence-electron chi connectivity index (χ1n) is 9.42. The number of para-hydroxylation sites is 1. The molecule has 0 aromatic heterocycles. The Labute approximate surface area is 154 Å². The highest BCUT2D eigenvalue weighted by Crippen LogP contribution is 2.29. The fourth-order valence-electron chi connectivity index (χ4n) is 4.13. The van der Waals surface area contributed by atoms with E-state index >= 15 is 0 Å². The molecule has 1 spiro atoms. The number of benzene rings is 1. The number of carbonyl (C=O) groups is 2. The highest BCUT2D eigenvalue weighted by molar-refractivity contribution is 6.07. The summed E-state index contributed by atoms with van der Waals surface area (Å²) in [7, 11) is 2.05. The van der Waals surface area contributed by atoms with Crippen LogP contribution in [0, 0.1) is 0 Å². The minimum absolute atomic E-state index is 0.0407. The SMILES string of the molecule is CN1CCC2(CC1)NC(=O)N(CN1CCN(c3ccccc3)CC1)C2=O. The fourth-order valence-corrected chi connectivity index (χ4v) is 4.13. The number of carbonyl (C=O) groups excluding carboxylic acids is 2. The summed E-state index contributed by atoms with van der Waals surface area (Å²) in [5, 5.41) is 2.99. The topological polar surface area (TPSA) is 59.1 Å². The van der Waals surface area contributed by atoms with E-state index in [2.05, 4.69) is 51.3 Å². The number of piperidine rings is 1. The van der Waals surface area contributed by atoms with Crippen LogP contribution >= 0.6 is 0 Å². The summed E-state index contributed by atoms with van der Waals surface area (Å²) in [6.45, 7) is 5.59. The Balaban J connectivity index is 1.35. The molecule has 0 atom stereocenters. The van der Waals surface area contributed by atoms with Crippen molar-refractivity contribution in [1.29, 1.82) is 0 Å². The van der Waals surface area contributed by atoms with E-state index in [1.807, 2.05) is 6.07 Å². The average molecular weight is 357 g/mol. The van der Waals surface area contributed by atoms with Crippen LogP contribution in [0.5, 0.6) is 0 Å². The molecule has 0 bridgehead atoms. The molecule has 0 radical (unpaired) electrons. The molecular formula is C19H27N5O2. The van der Waals surface area contributed by atoms with E-state index in [0.717, 1.165) is 39.3 Å². The number of amides is 3. The van der Waals surface area contributed by atoms with Gasteiger partial charge in [-0.1, -0.05) is 18.2 Å². The van der Waals surface area contributed by atoms with Gasteiger partial charge in [0.25, 0.3) is 5.91 Å².